The third-order valence-electron chi connectivity index (χ3n) is 2.59. The molecule has 0 saturated carbocycles. The van der Waals surface area contributed by atoms with Crippen LogP contribution in [-0.2, 0) is 10.1 Å². The molecule has 0 fully saturated rings. The van der Waals surface area contributed by atoms with Crippen molar-refractivity contribution in [2.45, 2.75) is 18.2 Å². The zero-order valence-electron chi connectivity index (χ0n) is 10.9. The first-order valence-electron chi connectivity index (χ1n) is 5.46. The number of benzene rings is 1. The van der Waals surface area contributed by atoms with E-state index >= 15 is 0 Å². The van der Waals surface area contributed by atoms with E-state index in [2.05, 4.69) is 9.17 Å². The molecule has 0 aliphatic rings. The summed E-state index contributed by atoms with van der Waals surface area (Å²) < 4.78 is 92.7. The van der Waals surface area contributed by atoms with Gasteiger partial charge in [0.05, 0.1) is 5.69 Å². The Kier molecular flexibility index (Phi) is 4.13. The van der Waals surface area contributed by atoms with Gasteiger partial charge in [-0.2, -0.15) is 17.2 Å². The number of hydrogen-bond acceptors (Lipinski definition) is 5. The summed E-state index contributed by atoms with van der Waals surface area (Å²) in [5.41, 5.74) is 0.324. The molecule has 0 radical (unpaired) electrons. The Morgan fingerprint density at radius 2 is 1.36 bits per heavy atom. The molecule has 2 rings (SSSR count). The highest BCUT2D eigenvalue weighted by atomic mass is 32.3. The quantitative estimate of drug-likeness (QED) is 0.365. The average molecular weight is 359 g/mol. The van der Waals surface area contributed by atoms with Crippen molar-refractivity contribution >= 4 is 21.5 Å². The van der Waals surface area contributed by atoms with Gasteiger partial charge in [0.2, 0.25) is 39.2 Å². The van der Waals surface area contributed by atoms with Crippen molar-refractivity contribution in [2.75, 3.05) is 0 Å². The fraction of sp³-hybridized carbons (Fsp3) is 0.182. The van der Waals surface area contributed by atoms with Crippen LogP contribution in [0.25, 0.3) is 0 Å². The van der Waals surface area contributed by atoms with E-state index in [0.717, 1.165) is 0 Å². The van der Waals surface area contributed by atoms with Crippen LogP contribution < -0.4 is 4.18 Å². The minimum atomic E-state index is -4.83. The number of thiazole rings is 1. The van der Waals surface area contributed by atoms with Crippen LogP contribution >= 0.6 is 11.3 Å². The normalized spacial score (nSPS) is 11.8. The van der Waals surface area contributed by atoms with Crippen LogP contribution in [0.4, 0.5) is 22.0 Å². The summed E-state index contributed by atoms with van der Waals surface area (Å²) in [6, 6.07) is 0. The molecule has 0 aliphatic heterocycles. The molecule has 120 valence electrons. The largest absolute Gasteiger partial charge is 0.371 e. The van der Waals surface area contributed by atoms with Crippen LogP contribution in [0.2, 0.25) is 0 Å². The molecule has 0 unspecified atom stereocenters. The van der Waals surface area contributed by atoms with Gasteiger partial charge in [-0.15, -0.1) is 11.3 Å². The first kappa shape index (κ1) is 16.6. The fourth-order valence-corrected chi connectivity index (χ4v) is 3.56. The predicted molar refractivity (Wildman–Crippen MR) is 65.6 cm³/mol. The molecule has 1 aromatic carbocycles. The standard InChI is InChI=1S/C11H6F5NO3S2/c1-3-4(2)21-11(17-3)22(18,19)20-10-8(15)6(13)5(12)7(14)9(10)16/h1-2H3. The molecule has 4 nitrogen and oxygen atoms in total. The van der Waals surface area contributed by atoms with Crippen molar-refractivity contribution in [3.8, 4) is 5.75 Å². The SMILES string of the molecule is Cc1nc(S(=O)(=O)Oc2c(F)c(F)c(F)c(F)c2F)sc1C. The summed E-state index contributed by atoms with van der Waals surface area (Å²) >= 11 is 0.633. The van der Waals surface area contributed by atoms with E-state index in [1.807, 2.05) is 0 Å². The maximum atomic E-state index is 13.4. The van der Waals surface area contributed by atoms with E-state index in [1.165, 1.54) is 13.8 Å². The highest BCUT2D eigenvalue weighted by Gasteiger charge is 2.32. The summed E-state index contributed by atoms with van der Waals surface area (Å²) in [5.74, 6) is -13.7. The van der Waals surface area contributed by atoms with E-state index in [4.69, 9.17) is 0 Å². The van der Waals surface area contributed by atoms with Gasteiger partial charge in [-0.25, -0.2) is 18.2 Å². The molecule has 0 amide bonds. The Labute approximate surface area is 125 Å². The van der Waals surface area contributed by atoms with Crippen LogP contribution in [0.5, 0.6) is 5.75 Å². The molecule has 22 heavy (non-hydrogen) atoms. The number of halogens is 5. The van der Waals surface area contributed by atoms with Gasteiger partial charge in [-0.05, 0) is 13.8 Å². The molecule has 11 heteroatoms. The van der Waals surface area contributed by atoms with Gasteiger partial charge in [0.15, 0.2) is 0 Å². The lowest BCUT2D eigenvalue weighted by molar-refractivity contribution is 0.346. The van der Waals surface area contributed by atoms with Crippen LogP contribution in [-0.4, -0.2) is 13.4 Å². The van der Waals surface area contributed by atoms with E-state index in [-0.39, 0.29) is 0 Å². The topological polar surface area (TPSA) is 56.3 Å². The van der Waals surface area contributed by atoms with Crippen molar-refractivity contribution in [3.05, 3.63) is 39.7 Å². The minimum Gasteiger partial charge on any atom is -0.371 e. The summed E-state index contributed by atoms with van der Waals surface area (Å²) in [5, 5.41) is 0. The van der Waals surface area contributed by atoms with Crippen molar-refractivity contribution in [2.24, 2.45) is 0 Å². The van der Waals surface area contributed by atoms with Gasteiger partial charge in [-0.1, -0.05) is 0 Å². The molecular weight excluding hydrogens is 353 g/mol. The third-order valence-corrected chi connectivity index (χ3v) is 5.22. The highest BCUT2D eigenvalue weighted by molar-refractivity contribution is 7.89. The summed E-state index contributed by atoms with van der Waals surface area (Å²) in [6.45, 7) is 3.01. The summed E-state index contributed by atoms with van der Waals surface area (Å²) in [4.78, 5) is 4.08. The lowest BCUT2D eigenvalue weighted by atomic mass is 10.3. The van der Waals surface area contributed by atoms with Gasteiger partial charge < -0.3 is 4.18 Å². The van der Waals surface area contributed by atoms with E-state index < -0.39 is 49.3 Å². The summed E-state index contributed by atoms with van der Waals surface area (Å²) in [7, 11) is -4.83. The molecule has 0 spiro atoms. The first-order valence-corrected chi connectivity index (χ1v) is 7.68. The second kappa shape index (κ2) is 5.47. The second-order valence-electron chi connectivity index (χ2n) is 4.06. The van der Waals surface area contributed by atoms with Crippen molar-refractivity contribution in [3.63, 3.8) is 0 Å². The molecule has 0 N–H and O–H groups in total. The van der Waals surface area contributed by atoms with E-state index in [9.17, 15) is 30.4 Å². The number of nitrogens with zero attached hydrogens (tertiary/aromatic N) is 1. The molecule has 1 aromatic heterocycles. The van der Waals surface area contributed by atoms with Crippen molar-refractivity contribution in [1.82, 2.24) is 4.98 Å². The molecular formula is C11H6F5NO3S2. The van der Waals surface area contributed by atoms with Crippen LogP contribution in [0, 0.1) is 42.9 Å². The molecule has 0 saturated heterocycles. The van der Waals surface area contributed by atoms with E-state index in [1.54, 1.807) is 0 Å². The monoisotopic (exact) mass is 359 g/mol. The maximum absolute atomic E-state index is 13.4. The zero-order valence-corrected chi connectivity index (χ0v) is 12.5. The van der Waals surface area contributed by atoms with Gasteiger partial charge >= 0.3 is 10.1 Å². The van der Waals surface area contributed by atoms with Gasteiger partial charge in [0, 0.05) is 4.88 Å². The van der Waals surface area contributed by atoms with Crippen molar-refractivity contribution < 1.29 is 34.6 Å². The molecule has 0 atom stereocenters. The van der Waals surface area contributed by atoms with Crippen LogP contribution in [0.15, 0.2) is 4.34 Å². The van der Waals surface area contributed by atoms with E-state index in [0.29, 0.717) is 21.9 Å². The summed E-state index contributed by atoms with van der Waals surface area (Å²) in [6.07, 6.45) is 0. The molecule has 0 aliphatic carbocycles. The number of aryl methyl sites for hydroxylation is 2. The lowest BCUT2D eigenvalue weighted by Gasteiger charge is -2.08. The zero-order chi connectivity index (χ0) is 16.8. The average Bonchev–Trinajstić information content (AvgIpc) is 2.80. The predicted octanol–water partition coefficient (Wildman–Crippen LogP) is 3.22. The van der Waals surface area contributed by atoms with Gasteiger partial charge in [0.1, 0.15) is 0 Å². The molecule has 0 bridgehead atoms. The fourth-order valence-electron chi connectivity index (χ4n) is 1.35. The van der Waals surface area contributed by atoms with Crippen LogP contribution in [0.3, 0.4) is 0 Å². The first-order chi connectivity index (χ1) is 10.1. The Hall–Kier alpha value is -1.75. The second-order valence-corrected chi connectivity index (χ2v) is 6.98. The Bertz CT molecular complexity index is 815. The third kappa shape index (κ3) is 2.65. The van der Waals surface area contributed by atoms with Gasteiger partial charge in [-0.3, -0.25) is 0 Å². The maximum Gasteiger partial charge on any atom is 0.367 e. The highest BCUT2D eigenvalue weighted by Crippen LogP contribution is 2.32. The van der Waals surface area contributed by atoms with Crippen molar-refractivity contribution in [1.29, 1.82) is 0 Å². The number of aromatic nitrogens is 1. The Morgan fingerprint density at radius 3 is 1.77 bits per heavy atom. The molecule has 2 aromatic rings. The number of rotatable bonds is 3. The lowest BCUT2D eigenvalue weighted by Crippen LogP contribution is -2.14. The van der Waals surface area contributed by atoms with Gasteiger partial charge in [0.25, 0.3) is 0 Å². The minimum absolute atomic E-state index is 0.324. The Morgan fingerprint density at radius 1 is 0.909 bits per heavy atom. The number of hydrogen-bond donors (Lipinski definition) is 0. The van der Waals surface area contributed by atoms with Crippen LogP contribution in [0.1, 0.15) is 10.6 Å². The smallest absolute Gasteiger partial charge is 0.367 e. The molecule has 1 heterocycles. The Balaban J connectivity index is 2.55.